The average Bonchev–Trinajstić information content (AvgIpc) is 0. The first-order chi connectivity index (χ1) is 0. The van der Waals surface area contributed by atoms with Crippen molar-refractivity contribution in [3.63, 3.8) is 0 Å². The summed E-state index contributed by atoms with van der Waals surface area (Å²) in [5, 5.41) is 0. The molecule has 0 radical (unpaired) electrons. The molecule has 0 aliphatic rings. The summed E-state index contributed by atoms with van der Waals surface area (Å²) >= 11 is 0. The van der Waals surface area contributed by atoms with Crippen LogP contribution in [0.5, 0.6) is 0 Å². The summed E-state index contributed by atoms with van der Waals surface area (Å²) < 4.78 is 0. The van der Waals surface area contributed by atoms with Gasteiger partial charge in [-0.15, -0.1) is 0 Å². The van der Waals surface area contributed by atoms with Crippen molar-refractivity contribution in [2.24, 2.45) is 0 Å². The zero-order valence-corrected chi connectivity index (χ0v) is 6.85. The molecule has 0 spiro atoms. The molecule has 0 rings (SSSR count). The Morgan fingerprint density at radius 1 is 1.00 bits per heavy atom. The second-order valence-electron chi connectivity index (χ2n) is 0. The molecule has 4 heavy (non-hydrogen) atoms. The monoisotopic (exact) mass is 352 g/mol. The van der Waals surface area contributed by atoms with Gasteiger partial charge >= 0.3 is 23.9 Å². The maximum absolute atomic E-state index is 0. The Hall–Kier alpha value is 2.58. The second-order valence-corrected chi connectivity index (χ2v) is 0. The average molecular weight is 353 g/mol. The van der Waals surface area contributed by atoms with E-state index in [4.69, 9.17) is 0 Å². The van der Waals surface area contributed by atoms with Crippen LogP contribution < -0.4 is 0 Å². The van der Waals surface area contributed by atoms with E-state index in [1.165, 1.54) is 0 Å². The Labute approximate surface area is 79.2 Å². The predicted octanol–water partition coefficient (Wildman–Crippen LogP) is -1.46. The standard InChI is InChI=1S/Ni.Pd.Sn.Zn.4H. The third-order valence-electron chi connectivity index (χ3n) is 0. The molecule has 0 aliphatic carbocycles. The minimum absolute atomic E-state index is 0. The Morgan fingerprint density at radius 3 is 1.00 bits per heavy atom. The van der Waals surface area contributed by atoms with E-state index in [9.17, 15) is 0 Å². The van der Waals surface area contributed by atoms with E-state index in [0.717, 1.165) is 0 Å². The summed E-state index contributed by atoms with van der Waals surface area (Å²) in [5.74, 6) is 0. The van der Waals surface area contributed by atoms with E-state index in [1.807, 2.05) is 0 Å². The maximum atomic E-state index is 0. The minimum Gasteiger partial charge on any atom is 0 e. The van der Waals surface area contributed by atoms with Gasteiger partial charge in [0.1, 0.15) is 0 Å². The van der Waals surface area contributed by atoms with Crippen molar-refractivity contribution >= 4 is 23.9 Å². The molecule has 0 saturated carbocycles. The first-order valence-corrected chi connectivity index (χ1v) is 0. The van der Waals surface area contributed by atoms with Crippen molar-refractivity contribution in [2.45, 2.75) is 0 Å². The molecule has 0 saturated heterocycles. The van der Waals surface area contributed by atoms with Gasteiger partial charge in [-0.25, -0.2) is 0 Å². The summed E-state index contributed by atoms with van der Waals surface area (Å²) in [6.45, 7) is 0. The normalized spacial score (nSPS) is 0. The topological polar surface area (TPSA) is 0 Å². The smallest absolute Gasteiger partial charge is 0 e. The van der Waals surface area contributed by atoms with E-state index in [2.05, 4.69) is 0 Å². The summed E-state index contributed by atoms with van der Waals surface area (Å²) in [4.78, 5) is 0. The third-order valence-corrected chi connectivity index (χ3v) is 0. The van der Waals surface area contributed by atoms with Gasteiger partial charge in [-0.3, -0.25) is 0 Å². The number of hydrogen-bond acceptors (Lipinski definition) is 0. The van der Waals surface area contributed by atoms with Gasteiger partial charge in [-0.05, 0) is 0 Å². The Morgan fingerprint density at radius 2 is 1.00 bits per heavy atom. The van der Waals surface area contributed by atoms with Crippen LogP contribution in [0.25, 0.3) is 0 Å². The molecule has 4 heteroatoms. The van der Waals surface area contributed by atoms with Crippen molar-refractivity contribution in [3.05, 3.63) is 0 Å². The largest absolute Gasteiger partial charge is 0 e. The molecule has 0 amide bonds. The van der Waals surface area contributed by atoms with Crippen LogP contribution >= 0.6 is 0 Å². The zero-order chi connectivity index (χ0) is 0. The Kier molecular flexibility index (Phi) is 135. The van der Waals surface area contributed by atoms with Crippen LogP contribution in [0.1, 0.15) is 0 Å². The van der Waals surface area contributed by atoms with Crippen LogP contribution in [0.2, 0.25) is 0 Å². The van der Waals surface area contributed by atoms with Gasteiger partial charge in [0.15, 0.2) is 0 Å². The van der Waals surface area contributed by atoms with Crippen molar-refractivity contribution in [1.29, 1.82) is 0 Å². The molecule has 0 heterocycles. The Balaban J connectivity index is 0. The molecule has 0 aromatic carbocycles. The molecule has 0 aliphatic heterocycles. The molecule has 0 nitrogen and oxygen atoms in total. The summed E-state index contributed by atoms with van der Waals surface area (Å²) in [7, 11) is 0. The molecular formula is H4NiPdSnZn. The Bertz CT molecular complexity index is 8.00. The molecule has 0 unspecified atom stereocenters. The zero-order valence-electron chi connectivity index (χ0n) is 1.34. The van der Waals surface area contributed by atoms with E-state index in [0.29, 0.717) is 0 Å². The molecule has 0 fully saturated rings. The quantitative estimate of drug-likeness (QED) is 0.467. The van der Waals surface area contributed by atoms with Gasteiger partial charge in [-0.1, -0.05) is 0 Å². The van der Waals surface area contributed by atoms with Crippen LogP contribution in [-0.2, 0) is 56.4 Å². The third kappa shape index (κ3) is 8.82. The second kappa shape index (κ2) is 17.6. The van der Waals surface area contributed by atoms with E-state index in [-0.39, 0.29) is 80.3 Å². The SMILES string of the molecule is [Ni].[Pd].[SnH4].[Zn]. The molecule has 30 valence electrons. The number of hydrogen-bond donors (Lipinski definition) is 0. The summed E-state index contributed by atoms with van der Waals surface area (Å²) in [6, 6.07) is 0. The summed E-state index contributed by atoms with van der Waals surface area (Å²) in [6.07, 6.45) is 0. The van der Waals surface area contributed by atoms with E-state index >= 15 is 0 Å². The van der Waals surface area contributed by atoms with Gasteiger partial charge in [0, 0.05) is 56.4 Å². The van der Waals surface area contributed by atoms with Crippen LogP contribution in [-0.4, -0.2) is 23.9 Å². The minimum atomic E-state index is 0. The summed E-state index contributed by atoms with van der Waals surface area (Å²) in [5.41, 5.74) is 0. The van der Waals surface area contributed by atoms with Crippen molar-refractivity contribution in [1.82, 2.24) is 0 Å². The van der Waals surface area contributed by atoms with Crippen molar-refractivity contribution in [2.75, 3.05) is 0 Å². The fourth-order valence-corrected chi connectivity index (χ4v) is 0. The van der Waals surface area contributed by atoms with Crippen LogP contribution in [0.4, 0.5) is 0 Å². The maximum Gasteiger partial charge on any atom is 0 e. The first-order valence-electron chi connectivity index (χ1n) is 0. The molecule has 0 aromatic rings. The van der Waals surface area contributed by atoms with Gasteiger partial charge in [0.25, 0.3) is 0 Å². The van der Waals surface area contributed by atoms with Crippen molar-refractivity contribution < 1.29 is 56.4 Å². The predicted molar refractivity (Wildman–Crippen MR) is 11.3 cm³/mol. The fourth-order valence-electron chi connectivity index (χ4n) is 0. The van der Waals surface area contributed by atoms with Gasteiger partial charge in [0.05, 0.1) is 0 Å². The van der Waals surface area contributed by atoms with Crippen molar-refractivity contribution in [3.8, 4) is 0 Å². The van der Waals surface area contributed by atoms with Crippen LogP contribution in [0.3, 0.4) is 0 Å². The van der Waals surface area contributed by atoms with Crippen LogP contribution in [0.15, 0.2) is 0 Å². The number of rotatable bonds is 0. The molecular weight excluding hydrogens is 349 g/mol. The van der Waals surface area contributed by atoms with E-state index < -0.39 is 0 Å². The van der Waals surface area contributed by atoms with Gasteiger partial charge < -0.3 is 0 Å². The van der Waals surface area contributed by atoms with Crippen LogP contribution in [0, 0.1) is 0 Å². The fraction of sp³-hybridized carbons (Fsp3) is 0. The molecule has 0 bridgehead atoms. The van der Waals surface area contributed by atoms with Gasteiger partial charge in [-0.2, -0.15) is 0 Å². The first kappa shape index (κ1) is 30.8. The van der Waals surface area contributed by atoms with Gasteiger partial charge in [0.2, 0.25) is 0 Å². The molecule has 0 aromatic heterocycles. The van der Waals surface area contributed by atoms with E-state index in [1.54, 1.807) is 0 Å². The molecule has 0 atom stereocenters. The molecule has 0 N–H and O–H groups in total.